The highest BCUT2D eigenvalue weighted by Gasteiger charge is 2.11. The number of hydrogen-bond donors (Lipinski definition) is 3. The minimum Gasteiger partial charge on any atom is -0.493 e. The van der Waals surface area contributed by atoms with Gasteiger partial charge in [-0.05, 0) is 48.0 Å². The molecule has 2 aromatic carbocycles. The number of aromatic nitrogens is 4. The summed E-state index contributed by atoms with van der Waals surface area (Å²) in [6, 6.07) is 16.3. The van der Waals surface area contributed by atoms with Crippen LogP contribution in [0.4, 0.5) is 5.69 Å². The number of rotatable bonds is 8. The molecule has 2 aromatic heterocycles. The summed E-state index contributed by atoms with van der Waals surface area (Å²) < 4.78 is 7.73. The number of carbonyl (C=O) groups is 1. The van der Waals surface area contributed by atoms with E-state index in [2.05, 4.69) is 15.0 Å². The third-order valence-corrected chi connectivity index (χ3v) is 5.26. The average molecular weight is 510 g/mol. The van der Waals surface area contributed by atoms with Crippen LogP contribution in [-0.4, -0.2) is 35.3 Å². The number of nitrogens with zero attached hydrogens (tertiary/aromatic N) is 4. The number of benzene rings is 2. The molecule has 0 fully saturated rings. The molecule has 0 radical (unpaired) electrons. The average Bonchev–Trinajstić information content (AvgIpc) is 2.85. The molecular weight excluding hydrogens is 490 g/mol. The highest BCUT2D eigenvalue weighted by atomic mass is 35.5. The molecule has 0 atom stereocenters. The van der Waals surface area contributed by atoms with Gasteiger partial charge < -0.3 is 14.9 Å². The highest BCUT2D eigenvalue weighted by molar-refractivity contribution is 6.30. The summed E-state index contributed by atoms with van der Waals surface area (Å²) in [4.78, 5) is 47.4. The second-order valence-corrected chi connectivity index (χ2v) is 8.04. The fourth-order valence-corrected chi connectivity index (χ4v) is 3.37. The number of H-pyrrole nitrogens is 1. The maximum Gasteiger partial charge on any atom is 0.335 e. The number of halogens is 1. The molecule has 12 heteroatoms. The van der Waals surface area contributed by atoms with Crippen molar-refractivity contribution >= 4 is 23.3 Å². The summed E-state index contributed by atoms with van der Waals surface area (Å²) >= 11 is 5.95. The number of aromatic hydroxyl groups is 1. The molecule has 0 bridgehead atoms. The summed E-state index contributed by atoms with van der Waals surface area (Å²) in [6.45, 7) is -0.226. The van der Waals surface area contributed by atoms with E-state index >= 15 is 0 Å². The van der Waals surface area contributed by atoms with Gasteiger partial charge in [0.05, 0.1) is 24.8 Å². The van der Waals surface area contributed by atoms with E-state index in [4.69, 9.17) is 21.4 Å². The number of nitrogens with one attached hydrogen (secondary N) is 1. The Bertz CT molecular complexity index is 1560. The van der Waals surface area contributed by atoms with E-state index in [9.17, 15) is 19.5 Å². The third kappa shape index (κ3) is 6.07. The summed E-state index contributed by atoms with van der Waals surface area (Å²) in [5.41, 5.74) is -0.334. The number of hydrogen-bond acceptors (Lipinski definition) is 7. The SMILES string of the molecule is O=C(O)CCn1c(=O)[nH]/c(=N\c2ccc(Oc3ccc(O)nc3)cc2)n(Cc2ccc(Cl)cc2)c1=O. The fraction of sp³-hybridized carbons (Fsp3) is 0.125. The van der Waals surface area contributed by atoms with Gasteiger partial charge in [0.2, 0.25) is 11.5 Å². The van der Waals surface area contributed by atoms with Crippen LogP contribution >= 0.6 is 11.6 Å². The lowest BCUT2D eigenvalue weighted by atomic mass is 10.2. The first-order chi connectivity index (χ1) is 17.3. The van der Waals surface area contributed by atoms with Crippen molar-refractivity contribution in [3.63, 3.8) is 0 Å². The summed E-state index contributed by atoms with van der Waals surface area (Å²) in [7, 11) is 0. The van der Waals surface area contributed by atoms with Crippen molar-refractivity contribution in [3.8, 4) is 17.4 Å². The van der Waals surface area contributed by atoms with Crippen LogP contribution in [0.2, 0.25) is 5.02 Å². The Balaban J connectivity index is 1.71. The molecular formula is C24H20ClN5O6. The van der Waals surface area contributed by atoms with Crippen molar-refractivity contribution in [3.05, 3.63) is 104 Å². The number of carboxylic acid groups (broad SMARTS) is 1. The van der Waals surface area contributed by atoms with Crippen molar-refractivity contribution in [1.82, 2.24) is 19.1 Å². The molecule has 0 saturated carbocycles. The van der Waals surface area contributed by atoms with E-state index in [-0.39, 0.29) is 24.6 Å². The van der Waals surface area contributed by atoms with E-state index in [0.717, 1.165) is 10.1 Å². The number of carboxylic acids is 1. The van der Waals surface area contributed by atoms with Gasteiger partial charge in [-0.15, -0.1) is 0 Å². The molecule has 0 aliphatic rings. The monoisotopic (exact) mass is 509 g/mol. The Morgan fingerprint density at radius 1 is 1.00 bits per heavy atom. The molecule has 4 aromatic rings. The van der Waals surface area contributed by atoms with Gasteiger partial charge in [-0.2, -0.15) is 0 Å². The molecule has 0 saturated heterocycles. The smallest absolute Gasteiger partial charge is 0.335 e. The lowest BCUT2D eigenvalue weighted by Gasteiger charge is -2.11. The molecule has 4 rings (SSSR count). The van der Waals surface area contributed by atoms with Gasteiger partial charge in [-0.25, -0.2) is 24.1 Å². The van der Waals surface area contributed by atoms with Crippen LogP contribution in [-0.2, 0) is 17.9 Å². The Morgan fingerprint density at radius 2 is 1.69 bits per heavy atom. The molecule has 184 valence electrons. The summed E-state index contributed by atoms with van der Waals surface area (Å²) in [5, 5.41) is 18.8. The van der Waals surface area contributed by atoms with Crippen LogP contribution in [0.25, 0.3) is 0 Å². The van der Waals surface area contributed by atoms with E-state index < -0.39 is 23.8 Å². The second kappa shape index (κ2) is 10.7. The van der Waals surface area contributed by atoms with Crippen LogP contribution in [0.1, 0.15) is 12.0 Å². The summed E-state index contributed by atoms with van der Waals surface area (Å²) in [5.74, 6) is -0.354. The van der Waals surface area contributed by atoms with Gasteiger partial charge in [-0.3, -0.25) is 14.3 Å². The maximum absolute atomic E-state index is 13.1. The predicted octanol–water partition coefficient (Wildman–Crippen LogP) is 2.64. The third-order valence-electron chi connectivity index (χ3n) is 5.01. The van der Waals surface area contributed by atoms with Gasteiger partial charge in [0.25, 0.3) is 0 Å². The molecule has 36 heavy (non-hydrogen) atoms. The number of aliphatic carboxylic acids is 1. The van der Waals surface area contributed by atoms with Crippen LogP contribution in [0, 0.1) is 0 Å². The Hall–Kier alpha value is -4.64. The summed E-state index contributed by atoms with van der Waals surface area (Å²) in [6.07, 6.45) is 0.982. The van der Waals surface area contributed by atoms with Gasteiger partial charge in [0.15, 0.2) is 0 Å². The molecule has 0 aliphatic heterocycles. The van der Waals surface area contributed by atoms with Gasteiger partial charge in [-0.1, -0.05) is 23.7 Å². The van der Waals surface area contributed by atoms with Crippen LogP contribution < -0.4 is 21.7 Å². The van der Waals surface area contributed by atoms with E-state index in [1.807, 2.05) is 0 Å². The first-order valence-electron chi connectivity index (χ1n) is 10.7. The molecule has 0 unspecified atom stereocenters. The topological polar surface area (TPSA) is 152 Å². The van der Waals surface area contributed by atoms with Crippen LogP contribution in [0.5, 0.6) is 17.4 Å². The zero-order valence-electron chi connectivity index (χ0n) is 18.7. The van der Waals surface area contributed by atoms with Crippen LogP contribution in [0.15, 0.2) is 81.4 Å². The van der Waals surface area contributed by atoms with Gasteiger partial charge in [0.1, 0.15) is 11.5 Å². The lowest BCUT2D eigenvalue weighted by Crippen LogP contribution is -2.50. The number of pyridine rings is 1. The molecule has 11 nitrogen and oxygen atoms in total. The van der Waals surface area contributed by atoms with Crippen molar-refractivity contribution in [2.75, 3.05) is 0 Å². The zero-order chi connectivity index (χ0) is 25.7. The van der Waals surface area contributed by atoms with Crippen LogP contribution in [0.3, 0.4) is 0 Å². The minimum atomic E-state index is -1.13. The standard InChI is InChI=1S/C24H20ClN5O6/c25-16-3-1-15(2-4-16)14-30-22(28-23(34)29(24(30)35)12-11-21(32)33)27-17-5-7-18(8-6-17)36-19-9-10-20(31)26-13-19/h1-10,13H,11-12,14H2,(H,26,31)(H,32,33)(H,27,28,34). The van der Waals surface area contributed by atoms with E-state index in [1.54, 1.807) is 54.6 Å². The van der Waals surface area contributed by atoms with Crippen molar-refractivity contribution in [2.45, 2.75) is 19.5 Å². The van der Waals surface area contributed by atoms with Gasteiger partial charge >= 0.3 is 17.3 Å². The quantitative estimate of drug-likeness (QED) is 0.330. The van der Waals surface area contributed by atoms with Crippen molar-refractivity contribution in [2.24, 2.45) is 4.99 Å². The highest BCUT2D eigenvalue weighted by Crippen LogP contribution is 2.24. The maximum atomic E-state index is 13.1. The molecule has 2 heterocycles. The number of aromatic amines is 1. The Kier molecular flexibility index (Phi) is 7.31. The number of ether oxygens (including phenoxy) is 1. The van der Waals surface area contributed by atoms with E-state index in [0.29, 0.717) is 22.2 Å². The predicted molar refractivity (Wildman–Crippen MR) is 130 cm³/mol. The molecule has 3 N–H and O–H groups in total. The fourth-order valence-electron chi connectivity index (χ4n) is 3.24. The first-order valence-corrected chi connectivity index (χ1v) is 11.0. The normalized spacial score (nSPS) is 11.4. The molecule has 0 amide bonds. The minimum absolute atomic E-state index is 0.0112. The second-order valence-electron chi connectivity index (χ2n) is 7.60. The largest absolute Gasteiger partial charge is 0.493 e. The van der Waals surface area contributed by atoms with Crippen molar-refractivity contribution in [1.29, 1.82) is 0 Å². The molecule has 0 aliphatic carbocycles. The van der Waals surface area contributed by atoms with Gasteiger partial charge in [0, 0.05) is 17.6 Å². The van der Waals surface area contributed by atoms with Crippen molar-refractivity contribution < 1.29 is 19.7 Å². The molecule has 0 spiro atoms. The van der Waals surface area contributed by atoms with E-state index in [1.165, 1.54) is 16.8 Å². The first kappa shape index (κ1) is 24.5. The Morgan fingerprint density at radius 3 is 2.33 bits per heavy atom. The lowest BCUT2D eigenvalue weighted by molar-refractivity contribution is -0.137. The zero-order valence-corrected chi connectivity index (χ0v) is 19.4. The Labute approximate surface area is 208 Å².